The second-order valence-electron chi connectivity index (χ2n) is 2.70. The molecule has 1 amide bonds. The number of halogens is 3. The first kappa shape index (κ1) is 12.2. The van der Waals surface area contributed by atoms with E-state index in [4.69, 9.17) is 0 Å². The lowest BCUT2D eigenvalue weighted by atomic mass is 10.2. The number of amides is 1. The number of alkyl halides is 3. The Kier molecular flexibility index (Phi) is 3.31. The van der Waals surface area contributed by atoms with Gasteiger partial charge in [0.2, 0.25) is 0 Å². The van der Waals surface area contributed by atoms with Gasteiger partial charge < -0.3 is 10.1 Å². The molecular formula is C8H8F3N3O2. The second kappa shape index (κ2) is 4.33. The predicted octanol–water partition coefficient (Wildman–Crippen LogP) is 0.864. The van der Waals surface area contributed by atoms with Crippen molar-refractivity contribution in [2.75, 3.05) is 14.2 Å². The summed E-state index contributed by atoms with van der Waals surface area (Å²) in [4.78, 5) is 17.7. The Balaban J connectivity index is 3.33. The number of nitrogens with zero attached hydrogens (tertiary/aromatic N) is 2. The maximum absolute atomic E-state index is 12.5. The number of ether oxygens (including phenoxy) is 1. The molecule has 0 unspecified atom stereocenters. The van der Waals surface area contributed by atoms with E-state index in [0.717, 1.165) is 13.3 Å². The Labute approximate surface area is 88.7 Å². The molecule has 0 aromatic carbocycles. The first-order valence-electron chi connectivity index (χ1n) is 4.10. The highest BCUT2D eigenvalue weighted by Crippen LogP contribution is 2.30. The average Bonchev–Trinajstić information content (AvgIpc) is 2.26. The van der Waals surface area contributed by atoms with E-state index in [-0.39, 0.29) is 0 Å². The molecule has 0 bridgehead atoms. The zero-order valence-electron chi connectivity index (χ0n) is 8.42. The number of hydrogen-bond acceptors (Lipinski definition) is 4. The minimum atomic E-state index is -4.74. The van der Waals surface area contributed by atoms with Gasteiger partial charge in [0.1, 0.15) is 0 Å². The summed E-state index contributed by atoms with van der Waals surface area (Å²) in [7, 11) is 2.35. The maximum atomic E-state index is 12.5. The summed E-state index contributed by atoms with van der Waals surface area (Å²) >= 11 is 0. The fourth-order valence-corrected chi connectivity index (χ4v) is 0.981. The molecule has 5 nitrogen and oxygen atoms in total. The van der Waals surface area contributed by atoms with Gasteiger partial charge in [-0.3, -0.25) is 4.79 Å². The molecule has 0 saturated carbocycles. The Morgan fingerprint density at radius 2 is 2.12 bits per heavy atom. The average molecular weight is 235 g/mol. The van der Waals surface area contributed by atoms with Crippen LogP contribution in [0.1, 0.15) is 16.1 Å². The van der Waals surface area contributed by atoms with Crippen LogP contribution in [0.3, 0.4) is 0 Å². The highest BCUT2D eigenvalue weighted by molar-refractivity contribution is 5.94. The van der Waals surface area contributed by atoms with Crippen molar-refractivity contribution in [3.05, 3.63) is 17.5 Å². The second-order valence-corrected chi connectivity index (χ2v) is 2.70. The van der Waals surface area contributed by atoms with Crippen LogP contribution in [-0.2, 0) is 6.18 Å². The zero-order valence-corrected chi connectivity index (χ0v) is 8.42. The van der Waals surface area contributed by atoms with Crippen molar-refractivity contribution in [3.63, 3.8) is 0 Å². The molecule has 0 aliphatic heterocycles. The van der Waals surface area contributed by atoms with Crippen LogP contribution in [0.2, 0.25) is 0 Å². The zero-order chi connectivity index (χ0) is 12.3. The number of carbonyl (C=O) groups is 1. The lowest BCUT2D eigenvalue weighted by Crippen LogP contribution is -2.24. The minimum Gasteiger partial charge on any atom is -0.467 e. The lowest BCUT2D eigenvalue weighted by Gasteiger charge is -2.10. The summed E-state index contributed by atoms with van der Waals surface area (Å²) in [6.07, 6.45) is -3.97. The predicted molar refractivity (Wildman–Crippen MR) is 47.0 cm³/mol. The Hall–Kier alpha value is -1.86. The topological polar surface area (TPSA) is 64.1 Å². The van der Waals surface area contributed by atoms with Gasteiger partial charge in [0, 0.05) is 13.2 Å². The van der Waals surface area contributed by atoms with E-state index in [2.05, 4.69) is 20.0 Å². The van der Waals surface area contributed by atoms with E-state index in [1.54, 1.807) is 0 Å². The van der Waals surface area contributed by atoms with Crippen molar-refractivity contribution < 1.29 is 22.7 Å². The first-order chi connectivity index (χ1) is 7.40. The number of carbonyl (C=O) groups excluding carboxylic acids is 1. The third-order valence-corrected chi connectivity index (χ3v) is 1.69. The fourth-order valence-electron chi connectivity index (χ4n) is 0.981. The lowest BCUT2D eigenvalue weighted by molar-refractivity contribution is -0.141. The van der Waals surface area contributed by atoms with Crippen LogP contribution in [-0.4, -0.2) is 30.0 Å². The molecule has 0 fully saturated rings. The number of aromatic nitrogens is 2. The molecule has 16 heavy (non-hydrogen) atoms. The van der Waals surface area contributed by atoms with E-state index in [1.165, 1.54) is 7.05 Å². The third kappa shape index (κ3) is 2.38. The molecular weight excluding hydrogens is 227 g/mol. The molecule has 0 atom stereocenters. The van der Waals surface area contributed by atoms with E-state index < -0.39 is 29.4 Å². The van der Waals surface area contributed by atoms with Crippen molar-refractivity contribution in [1.82, 2.24) is 15.3 Å². The molecule has 0 saturated heterocycles. The van der Waals surface area contributed by atoms with Crippen molar-refractivity contribution in [3.8, 4) is 6.01 Å². The summed E-state index contributed by atoms with van der Waals surface area (Å²) in [5.74, 6) is -0.907. The molecule has 0 radical (unpaired) electrons. The van der Waals surface area contributed by atoms with Gasteiger partial charge in [-0.2, -0.15) is 18.2 Å². The number of methoxy groups -OCH3 is 1. The molecule has 1 rings (SSSR count). The van der Waals surface area contributed by atoms with Gasteiger partial charge in [0.05, 0.1) is 12.7 Å². The number of nitrogens with one attached hydrogen (secondary N) is 1. The normalized spacial score (nSPS) is 11.1. The Bertz CT molecular complexity index is 406. The van der Waals surface area contributed by atoms with Gasteiger partial charge in [0.25, 0.3) is 5.91 Å². The summed E-state index contributed by atoms with van der Waals surface area (Å²) in [6, 6.07) is -0.444. The molecule has 88 valence electrons. The number of rotatable bonds is 2. The summed E-state index contributed by atoms with van der Waals surface area (Å²) in [5, 5.41) is 2.07. The van der Waals surface area contributed by atoms with Gasteiger partial charge in [-0.25, -0.2) is 4.98 Å². The van der Waals surface area contributed by atoms with Gasteiger partial charge in [0.15, 0.2) is 5.69 Å². The van der Waals surface area contributed by atoms with Crippen molar-refractivity contribution in [2.45, 2.75) is 6.18 Å². The third-order valence-electron chi connectivity index (χ3n) is 1.69. The largest absolute Gasteiger partial charge is 0.467 e. The van der Waals surface area contributed by atoms with Crippen LogP contribution in [0.4, 0.5) is 13.2 Å². The summed E-state index contributed by atoms with van der Waals surface area (Å²) in [6.45, 7) is 0. The van der Waals surface area contributed by atoms with E-state index in [1.807, 2.05) is 0 Å². The van der Waals surface area contributed by atoms with E-state index in [0.29, 0.717) is 0 Å². The van der Waals surface area contributed by atoms with Gasteiger partial charge >= 0.3 is 12.2 Å². The fraction of sp³-hybridized carbons (Fsp3) is 0.375. The minimum absolute atomic E-state index is 0.444. The Morgan fingerprint density at radius 1 is 1.50 bits per heavy atom. The van der Waals surface area contributed by atoms with E-state index in [9.17, 15) is 18.0 Å². The molecule has 1 aromatic rings. The standard InChI is InChI=1S/C8H8F3N3O2/c1-12-6(15)4-3-13-7(16-2)14-5(4)8(9,10)11/h3H,1-2H3,(H,12,15). The van der Waals surface area contributed by atoms with E-state index >= 15 is 0 Å². The van der Waals surface area contributed by atoms with Crippen molar-refractivity contribution in [1.29, 1.82) is 0 Å². The van der Waals surface area contributed by atoms with Gasteiger partial charge in [-0.05, 0) is 0 Å². The molecule has 1 heterocycles. The highest BCUT2D eigenvalue weighted by atomic mass is 19.4. The quantitative estimate of drug-likeness (QED) is 0.825. The van der Waals surface area contributed by atoms with Gasteiger partial charge in [-0.1, -0.05) is 0 Å². The van der Waals surface area contributed by atoms with Crippen LogP contribution in [0.15, 0.2) is 6.20 Å². The van der Waals surface area contributed by atoms with Crippen LogP contribution in [0.5, 0.6) is 6.01 Å². The molecule has 1 aromatic heterocycles. The monoisotopic (exact) mass is 235 g/mol. The molecule has 0 aliphatic carbocycles. The summed E-state index contributed by atoms with van der Waals surface area (Å²) < 4.78 is 42.1. The number of hydrogen-bond donors (Lipinski definition) is 1. The van der Waals surface area contributed by atoms with Crippen LogP contribution in [0, 0.1) is 0 Å². The Morgan fingerprint density at radius 3 is 2.56 bits per heavy atom. The van der Waals surface area contributed by atoms with Crippen molar-refractivity contribution in [2.24, 2.45) is 0 Å². The van der Waals surface area contributed by atoms with Crippen LogP contribution >= 0.6 is 0 Å². The molecule has 0 spiro atoms. The van der Waals surface area contributed by atoms with Gasteiger partial charge in [-0.15, -0.1) is 0 Å². The summed E-state index contributed by atoms with van der Waals surface area (Å²) in [5.41, 5.74) is -1.96. The molecule has 0 aliphatic rings. The maximum Gasteiger partial charge on any atom is 0.434 e. The highest BCUT2D eigenvalue weighted by Gasteiger charge is 2.38. The molecule has 1 N–H and O–H groups in total. The first-order valence-corrected chi connectivity index (χ1v) is 4.10. The molecule has 8 heteroatoms. The SMILES string of the molecule is CNC(=O)c1cnc(OC)nc1C(F)(F)F. The smallest absolute Gasteiger partial charge is 0.434 e. The van der Waals surface area contributed by atoms with Crippen LogP contribution in [0.25, 0.3) is 0 Å². The van der Waals surface area contributed by atoms with Crippen LogP contribution < -0.4 is 10.1 Å². The van der Waals surface area contributed by atoms with Crippen molar-refractivity contribution >= 4 is 5.91 Å².